The van der Waals surface area contributed by atoms with E-state index in [4.69, 9.17) is 4.74 Å². The smallest absolute Gasteiger partial charge is 0.236 e. The maximum atomic E-state index is 12.0. The topological polar surface area (TPSA) is 63.6 Å². The average molecular weight is 282 g/mol. The van der Waals surface area contributed by atoms with Gasteiger partial charge in [-0.3, -0.25) is 9.59 Å². The Hall–Kier alpha value is -2.88. The van der Waals surface area contributed by atoms with Gasteiger partial charge < -0.3 is 9.84 Å². The number of hydrogen-bond acceptors (Lipinski definition) is 4. The number of benzene rings is 2. The zero-order chi connectivity index (χ0) is 15.2. The molecule has 0 aliphatic heterocycles. The summed E-state index contributed by atoms with van der Waals surface area (Å²) in [6, 6.07) is 13.3. The molecule has 4 heteroatoms. The minimum absolute atomic E-state index is 0.0722. The van der Waals surface area contributed by atoms with Crippen molar-refractivity contribution in [2.75, 3.05) is 7.11 Å². The van der Waals surface area contributed by atoms with Gasteiger partial charge in [-0.25, -0.2) is 0 Å². The van der Waals surface area contributed by atoms with Crippen LogP contribution in [0, 0.1) is 0 Å². The van der Waals surface area contributed by atoms with Crippen molar-refractivity contribution >= 4 is 17.6 Å². The van der Waals surface area contributed by atoms with E-state index >= 15 is 0 Å². The summed E-state index contributed by atoms with van der Waals surface area (Å²) in [5.41, 5.74) is 0.741. The minimum Gasteiger partial charge on any atom is -0.507 e. The Morgan fingerprint density at radius 3 is 2.48 bits per heavy atom. The Bertz CT molecular complexity index is 687. The minimum atomic E-state index is -0.779. The normalized spacial score (nSPS) is 10.5. The fourth-order valence-corrected chi connectivity index (χ4v) is 1.77. The number of phenolic OH excluding ortho intramolecular Hbond substituents is 1. The molecule has 2 aromatic carbocycles. The third-order valence-corrected chi connectivity index (χ3v) is 2.90. The van der Waals surface area contributed by atoms with Gasteiger partial charge in [0.25, 0.3) is 0 Å². The number of ether oxygens (including phenoxy) is 1. The second-order valence-corrected chi connectivity index (χ2v) is 4.32. The molecule has 106 valence electrons. The standard InChI is InChI=1S/C17H14O4/c1-21-13-8-10-15(18)14(11-13)17(20)16(19)9-7-12-5-3-2-4-6-12/h2-11,18H,1H3/b9-7+. The van der Waals surface area contributed by atoms with Crippen molar-refractivity contribution in [2.24, 2.45) is 0 Å². The molecular formula is C17H14O4. The average Bonchev–Trinajstić information content (AvgIpc) is 2.53. The molecule has 0 saturated carbocycles. The van der Waals surface area contributed by atoms with E-state index < -0.39 is 11.6 Å². The van der Waals surface area contributed by atoms with Crippen LogP contribution in [0.25, 0.3) is 6.08 Å². The molecule has 0 bridgehead atoms. The second-order valence-electron chi connectivity index (χ2n) is 4.32. The molecule has 4 nitrogen and oxygen atoms in total. The summed E-state index contributed by atoms with van der Waals surface area (Å²) in [6.07, 6.45) is 2.74. The maximum absolute atomic E-state index is 12.0. The molecule has 0 aliphatic carbocycles. The van der Waals surface area contributed by atoms with Crippen molar-refractivity contribution in [3.63, 3.8) is 0 Å². The third-order valence-electron chi connectivity index (χ3n) is 2.90. The van der Waals surface area contributed by atoms with Gasteiger partial charge in [-0.2, -0.15) is 0 Å². The molecular weight excluding hydrogens is 268 g/mol. The summed E-state index contributed by atoms with van der Waals surface area (Å²) in [6.45, 7) is 0. The van der Waals surface area contributed by atoms with E-state index in [1.165, 1.54) is 31.4 Å². The summed E-state index contributed by atoms with van der Waals surface area (Å²) in [5.74, 6) is -1.33. The van der Waals surface area contributed by atoms with Crippen molar-refractivity contribution in [1.82, 2.24) is 0 Å². The molecule has 21 heavy (non-hydrogen) atoms. The molecule has 0 unspecified atom stereocenters. The molecule has 0 atom stereocenters. The van der Waals surface area contributed by atoms with Gasteiger partial charge in [0.05, 0.1) is 12.7 Å². The molecule has 1 N–H and O–H groups in total. The van der Waals surface area contributed by atoms with Gasteiger partial charge in [-0.1, -0.05) is 36.4 Å². The first-order chi connectivity index (χ1) is 10.1. The SMILES string of the molecule is COc1ccc(O)c(C(=O)C(=O)/C=C/c2ccccc2)c1. The molecule has 0 heterocycles. The summed E-state index contributed by atoms with van der Waals surface area (Å²) >= 11 is 0. The van der Waals surface area contributed by atoms with Crippen LogP contribution in [0.2, 0.25) is 0 Å². The summed E-state index contributed by atoms with van der Waals surface area (Å²) in [5, 5.41) is 9.68. The van der Waals surface area contributed by atoms with E-state index in [1.54, 1.807) is 6.08 Å². The Morgan fingerprint density at radius 1 is 1.10 bits per heavy atom. The van der Waals surface area contributed by atoms with Crippen molar-refractivity contribution in [2.45, 2.75) is 0 Å². The van der Waals surface area contributed by atoms with Crippen LogP contribution >= 0.6 is 0 Å². The number of Topliss-reactive ketones (excluding diaryl/α,β-unsaturated/α-hetero) is 1. The molecule has 0 amide bonds. The maximum Gasteiger partial charge on any atom is 0.236 e. The highest BCUT2D eigenvalue weighted by atomic mass is 16.5. The predicted molar refractivity (Wildman–Crippen MR) is 79.5 cm³/mol. The zero-order valence-corrected chi connectivity index (χ0v) is 11.4. The van der Waals surface area contributed by atoms with Gasteiger partial charge in [-0.05, 0) is 29.8 Å². The lowest BCUT2D eigenvalue weighted by Gasteiger charge is -2.04. The Kier molecular flexibility index (Phi) is 4.51. The number of methoxy groups -OCH3 is 1. The van der Waals surface area contributed by atoms with E-state index in [1.807, 2.05) is 30.3 Å². The van der Waals surface area contributed by atoms with Crippen molar-refractivity contribution in [1.29, 1.82) is 0 Å². The highest BCUT2D eigenvalue weighted by Gasteiger charge is 2.18. The first-order valence-electron chi connectivity index (χ1n) is 6.30. The quantitative estimate of drug-likeness (QED) is 0.520. The molecule has 2 aromatic rings. The summed E-state index contributed by atoms with van der Waals surface area (Å²) in [7, 11) is 1.44. The van der Waals surface area contributed by atoms with Gasteiger partial charge in [0.2, 0.25) is 11.6 Å². The van der Waals surface area contributed by atoms with E-state index in [0.29, 0.717) is 5.75 Å². The Morgan fingerprint density at radius 2 is 1.81 bits per heavy atom. The van der Waals surface area contributed by atoms with E-state index in [2.05, 4.69) is 0 Å². The first kappa shape index (κ1) is 14.5. The molecule has 0 saturated heterocycles. The van der Waals surface area contributed by atoms with Gasteiger partial charge >= 0.3 is 0 Å². The number of allylic oxidation sites excluding steroid dienone is 1. The van der Waals surface area contributed by atoms with Crippen LogP contribution in [0.5, 0.6) is 11.5 Å². The lowest BCUT2D eigenvalue weighted by Crippen LogP contribution is -2.11. The second kappa shape index (κ2) is 6.52. The highest BCUT2D eigenvalue weighted by Crippen LogP contribution is 2.23. The van der Waals surface area contributed by atoms with Crippen molar-refractivity contribution in [3.05, 3.63) is 65.7 Å². The molecule has 2 rings (SSSR count). The number of rotatable bonds is 5. The number of aromatic hydroxyl groups is 1. The van der Waals surface area contributed by atoms with E-state index in [9.17, 15) is 14.7 Å². The predicted octanol–water partition coefficient (Wildman–Crippen LogP) is 2.87. The fraction of sp³-hybridized carbons (Fsp3) is 0.0588. The van der Waals surface area contributed by atoms with Gasteiger partial charge in [0.1, 0.15) is 11.5 Å². The summed E-state index contributed by atoms with van der Waals surface area (Å²) < 4.78 is 4.98. The molecule has 0 aliphatic rings. The van der Waals surface area contributed by atoms with Crippen LogP contribution in [-0.2, 0) is 4.79 Å². The van der Waals surface area contributed by atoms with Crippen LogP contribution in [-0.4, -0.2) is 23.8 Å². The number of carbonyl (C=O) groups excluding carboxylic acids is 2. The van der Waals surface area contributed by atoms with Crippen LogP contribution in [0.4, 0.5) is 0 Å². The monoisotopic (exact) mass is 282 g/mol. The summed E-state index contributed by atoms with van der Waals surface area (Å²) in [4.78, 5) is 23.9. The lowest BCUT2D eigenvalue weighted by molar-refractivity contribution is -0.110. The first-order valence-corrected chi connectivity index (χ1v) is 6.30. The molecule has 0 spiro atoms. The largest absolute Gasteiger partial charge is 0.507 e. The number of hydrogen-bond donors (Lipinski definition) is 1. The number of phenols is 1. The lowest BCUT2D eigenvalue weighted by atomic mass is 10.0. The molecule has 0 radical (unpaired) electrons. The fourth-order valence-electron chi connectivity index (χ4n) is 1.77. The zero-order valence-electron chi connectivity index (χ0n) is 11.4. The molecule has 0 fully saturated rings. The Labute approximate surface area is 122 Å². The van der Waals surface area contributed by atoms with Crippen LogP contribution in [0.15, 0.2) is 54.6 Å². The number of carbonyl (C=O) groups is 2. The van der Waals surface area contributed by atoms with Gasteiger partial charge in [0.15, 0.2) is 0 Å². The van der Waals surface area contributed by atoms with Gasteiger partial charge in [-0.15, -0.1) is 0 Å². The van der Waals surface area contributed by atoms with E-state index in [0.717, 1.165) is 5.56 Å². The highest BCUT2D eigenvalue weighted by molar-refractivity contribution is 6.48. The van der Waals surface area contributed by atoms with Gasteiger partial charge in [0, 0.05) is 0 Å². The van der Waals surface area contributed by atoms with E-state index in [-0.39, 0.29) is 11.3 Å². The van der Waals surface area contributed by atoms with Crippen LogP contribution in [0.1, 0.15) is 15.9 Å². The van der Waals surface area contributed by atoms with Crippen LogP contribution in [0.3, 0.4) is 0 Å². The Balaban J connectivity index is 2.20. The van der Waals surface area contributed by atoms with Crippen molar-refractivity contribution < 1.29 is 19.4 Å². The number of ketones is 2. The third kappa shape index (κ3) is 3.57. The molecule has 0 aromatic heterocycles. The van der Waals surface area contributed by atoms with Crippen molar-refractivity contribution in [3.8, 4) is 11.5 Å². The van der Waals surface area contributed by atoms with Crippen LogP contribution < -0.4 is 4.74 Å².